The Morgan fingerprint density at radius 1 is 1.53 bits per heavy atom. The molecule has 0 saturated carbocycles. The van der Waals surface area contributed by atoms with Gasteiger partial charge in [-0.2, -0.15) is 0 Å². The van der Waals surface area contributed by atoms with Gasteiger partial charge in [0.2, 0.25) is 0 Å². The van der Waals surface area contributed by atoms with Crippen molar-refractivity contribution in [3.63, 3.8) is 0 Å². The standard InChI is InChI=1S/C12H20N4O/c1-9-6-11(13)15-12(14-9)8-16(2)7-10-4-3-5-17-10/h6,10H,3-5,7-8H2,1-2H3,(H2,13,14,15). The molecule has 1 unspecified atom stereocenters. The molecule has 1 aliphatic heterocycles. The Morgan fingerprint density at radius 3 is 3.00 bits per heavy atom. The van der Waals surface area contributed by atoms with Crippen molar-refractivity contribution in [1.82, 2.24) is 14.9 Å². The molecule has 1 aromatic rings. The normalized spacial score (nSPS) is 20.1. The summed E-state index contributed by atoms with van der Waals surface area (Å²) in [6.07, 6.45) is 2.69. The van der Waals surface area contributed by atoms with Crippen molar-refractivity contribution in [3.8, 4) is 0 Å². The van der Waals surface area contributed by atoms with E-state index in [0.29, 0.717) is 18.5 Å². The van der Waals surface area contributed by atoms with Crippen molar-refractivity contribution in [1.29, 1.82) is 0 Å². The van der Waals surface area contributed by atoms with Crippen LogP contribution in [0.1, 0.15) is 24.4 Å². The van der Waals surface area contributed by atoms with Gasteiger partial charge in [0.05, 0.1) is 12.6 Å². The molecule has 2 N–H and O–H groups in total. The van der Waals surface area contributed by atoms with Crippen molar-refractivity contribution in [2.24, 2.45) is 0 Å². The van der Waals surface area contributed by atoms with Crippen molar-refractivity contribution in [2.75, 3.05) is 25.9 Å². The molecule has 1 aliphatic rings. The van der Waals surface area contributed by atoms with Crippen LogP contribution in [0.25, 0.3) is 0 Å². The zero-order chi connectivity index (χ0) is 12.3. The van der Waals surface area contributed by atoms with Gasteiger partial charge < -0.3 is 10.5 Å². The molecule has 94 valence electrons. The number of anilines is 1. The summed E-state index contributed by atoms with van der Waals surface area (Å²) in [5.41, 5.74) is 6.62. The van der Waals surface area contributed by atoms with E-state index in [9.17, 15) is 0 Å². The minimum absolute atomic E-state index is 0.363. The second kappa shape index (κ2) is 5.42. The number of nitrogen functional groups attached to an aromatic ring is 1. The van der Waals surface area contributed by atoms with E-state index in [0.717, 1.165) is 31.1 Å². The molecule has 0 aromatic carbocycles. The number of aromatic nitrogens is 2. The molecule has 5 nitrogen and oxygen atoms in total. The fraction of sp³-hybridized carbons (Fsp3) is 0.667. The second-order valence-electron chi connectivity index (χ2n) is 4.68. The lowest BCUT2D eigenvalue weighted by Gasteiger charge is -2.19. The van der Waals surface area contributed by atoms with Gasteiger partial charge in [0.15, 0.2) is 0 Å². The Bertz CT molecular complexity index is 357. The number of hydrogen-bond donors (Lipinski definition) is 1. The number of likely N-dealkylation sites (N-methyl/N-ethyl adjacent to an activating group) is 1. The molecular weight excluding hydrogens is 216 g/mol. The van der Waals surface area contributed by atoms with E-state index in [1.54, 1.807) is 6.07 Å². The number of hydrogen-bond acceptors (Lipinski definition) is 5. The summed E-state index contributed by atoms with van der Waals surface area (Å²) in [7, 11) is 2.06. The van der Waals surface area contributed by atoms with Crippen LogP contribution in [0, 0.1) is 6.92 Å². The van der Waals surface area contributed by atoms with Crippen LogP contribution in [0.4, 0.5) is 5.82 Å². The van der Waals surface area contributed by atoms with Gasteiger partial charge in [-0.15, -0.1) is 0 Å². The Kier molecular flexibility index (Phi) is 3.91. The van der Waals surface area contributed by atoms with Gasteiger partial charge in [-0.3, -0.25) is 4.90 Å². The van der Waals surface area contributed by atoms with Crippen LogP contribution in [-0.4, -0.2) is 41.2 Å². The molecule has 2 heterocycles. The zero-order valence-electron chi connectivity index (χ0n) is 10.5. The highest BCUT2D eigenvalue weighted by Gasteiger charge is 2.17. The lowest BCUT2D eigenvalue weighted by atomic mass is 10.2. The SMILES string of the molecule is Cc1cc(N)nc(CN(C)CC2CCCO2)n1. The number of nitrogens with zero attached hydrogens (tertiary/aromatic N) is 3. The van der Waals surface area contributed by atoms with Crippen LogP contribution >= 0.6 is 0 Å². The summed E-state index contributed by atoms with van der Waals surface area (Å²) in [6, 6.07) is 1.78. The van der Waals surface area contributed by atoms with Gasteiger partial charge in [-0.25, -0.2) is 9.97 Å². The summed E-state index contributed by atoms with van der Waals surface area (Å²) in [5.74, 6) is 1.32. The van der Waals surface area contributed by atoms with Crippen LogP contribution in [0.2, 0.25) is 0 Å². The maximum Gasteiger partial charge on any atom is 0.144 e. The average molecular weight is 236 g/mol. The van der Waals surface area contributed by atoms with Crippen molar-refractivity contribution in [3.05, 3.63) is 17.6 Å². The molecule has 1 saturated heterocycles. The summed E-state index contributed by atoms with van der Waals surface area (Å²) in [4.78, 5) is 10.8. The quantitative estimate of drug-likeness (QED) is 0.844. The molecule has 0 radical (unpaired) electrons. The van der Waals surface area contributed by atoms with Gasteiger partial charge in [0.25, 0.3) is 0 Å². The Balaban J connectivity index is 1.90. The first kappa shape index (κ1) is 12.3. The molecule has 0 bridgehead atoms. The number of nitrogens with two attached hydrogens (primary N) is 1. The molecule has 2 rings (SSSR count). The topological polar surface area (TPSA) is 64.3 Å². The van der Waals surface area contributed by atoms with Crippen molar-refractivity contribution >= 4 is 5.82 Å². The first-order chi connectivity index (χ1) is 8.13. The largest absolute Gasteiger partial charge is 0.384 e. The highest BCUT2D eigenvalue weighted by atomic mass is 16.5. The number of ether oxygens (including phenoxy) is 1. The molecule has 0 spiro atoms. The first-order valence-corrected chi connectivity index (χ1v) is 6.03. The maximum absolute atomic E-state index is 5.70. The maximum atomic E-state index is 5.70. The van der Waals surface area contributed by atoms with Crippen LogP contribution in [0.3, 0.4) is 0 Å². The number of aryl methyl sites for hydroxylation is 1. The zero-order valence-corrected chi connectivity index (χ0v) is 10.5. The van der Waals surface area contributed by atoms with Gasteiger partial charge in [0.1, 0.15) is 11.6 Å². The predicted octanol–water partition coefficient (Wildman–Crippen LogP) is 0.978. The van der Waals surface area contributed by atoms with Crippen LogP contribution < -0.4 is 5.73 Å². The molecule has 1 fully saturated rings. The highest BCUT2D eigenvalue weighted by Crippen LogP contribution is 2.13. The van der Waals surface area contributed by atoms with E-state index in [-0.39, 0.29) is 0 Å². The van der Waals surface area contributed by atoms with Gasteiger partial charge in [0, 0.05) is 24.9 Å². The van der Waals surface area contributed by atoms with Crippen LogP contribution in [-0.2, 0) is 11.3 Å². The van der Waals surface area contributed by atoms with E-state index < -0.39 is 0 Å². The molecule has 0 amide bonds. The minimum atomic E-state index is 0.363. The smallest absolute Gasteiger partial charge is 0.144 e. The summed E-state index contributed by atoms with van der Waals surface area (Å²) >= 11 is 0. The monoisotopic (exact) mass is 236 g/mol. The fourth-order valence-corrected chi connectivity index (χ4v) is 2.17. The predicted molar refractivity (Wildman–Crippen MR) is 66.5 cm³/mol. The third kappa shape index (κ3) is 3.64. The second-order valence-corrected chi connectivity index (χ2v) is 4.68. The lowest BCUT2D eigenvalue weighted by Crippen LogP contribution is -2.29. The highest BCUT2D eigenvalue weighted by molar-refractivity contribution is 5.29. The fourth-order valence-electron chi connectivity index (χ4n) is 2.17. The van der Waals surface area contributed by atoms with E-state index in [1.165, 1.54) is 6.42 Å². The third-order valence-corrected chi connectivity index (χ3v) is 2.87. The van der Waals surface area contributed by atoms with Gasteiger partial charge in [-0.1, -0.05) is 0 Å². The van der Waals surface area contributed by atoms with Crippen molar-refractivity contribution < 1.29 is 4.74 Å². The van der Waals surface area contributed by atoms with Gasteiger partial charge in [-0.05, 0) is 26.8 Å². The van der Waals surface area contributed by atoms with E-state index in [2.05, 4.69) is 21.9 Å². The van der Waals surface area contributed by atoms with Crippen molar-refractivity contribution in [2.45, 2.75) is 32.4 Å². The average Bonchev–Trinajstić information content (AvgIpc) is 2.67. The van der Waals surface area contributed by atoms with Crippen LogP contribution in [0.15, 0.2) is 6.07 Å². The molecule has 0 aliphatic carbocycles. The molecule has 5 heteroatoms. The van der Waals surface area contributed by atoms with E-state index in [1.807, 2.05) is 6.92 Å². The van der Waals surface area contributed by atoms with Crippen LogP contribution in [0.5, 0.6) is 0 Å². The molecular formula is C12H20N4O. The summed E-state index contributed by atoms with van der Waals surface area (Å²) in [5, 5.41) is 0. The Morgan fingerprint density at radius 2 is 2.35 bits per heavy atom. The minimum Gasteiger partial charge on any atom is -0.384 e. The Hall–Kier alpha value is -1.20. The summed E-state index contributed by atoms with van der Waals surface area (Å²) in [6.45, 7) is 4.47. The molecule has 1 aromatic heterocycles. The lowest BCUT2D eigenvalue weighted by molar-refractivity contribution is 0.0786. The number of rotatable bonds is 4. The van der Waals surface area contributed by atoms with E-state index >= 15 is 0 Å². The first-order valence-electron chi connectivity index (χ1n) is 6.03. The molecule has 17 heavy (non-hydrogen) atoms. The third-order valence-electron chi connectivity index (χ3n) is 2.87. The van der Waals surface area contributed by atoms with E-state index in [4.69, 9.17) is 10.5 Å². The Labute approximate surface area is 102 Å². The molecule has 1 atom stereocenters. The van der Waals surface area contributed by atoms with Gasteiger partial charge >= 0.3 is 0 Å². The summed E-state index contributed by atoms with van der Waals surface area (Å²) < 4.78 is 5.60.